The molecule has 1 aliphatic rings. The van der Waals surface area contributed by atoms with Gasteiger partial charge in [0.05, 0.1) is 25.1 Å². The number of hydrogen-bond acceptors (Lipinski definition) is 7. The van der Waals surface area contributed by atoms with Crippen LogP contribution in [0.1, 0.15) is 36.8 Å². The van der Waals surface area contributed by atoms with Gasteiger partial charge in [0.15, 0.2) is 11.5 Å². The van der Waals surface area contributed by atoms with E-state index < -0.39 is 5.56 Å². The standard InChI is InChI=1S/C24H23N5O3/c1-31-20-12-11-16(13-21(20)32-18-9-5-6-10-18)15-26-29-24-27-22(17-7-3-2-4-8-17)19(14-25)23(30)28-24/h2-4,7-8,11-13,15,18H,5-6,9-10H2,1H3,(H2,27,28,29,30). The van der Waals surface area contributed by atoms with Gasteiger partial charge in [-0.15, -0.1) is 0 Å². The molecule has 8 heteroatoms. The lowest BCUT2D eigenvalue weighted by Crippen LogP contribution is -2.16. The first-order chi connectivity index (χ1) is 15.7. The summed E-state index contributed by atoms with van der Waals surface area (Å²) in [5, 5.41) is 13.5. The zero-order valence-electron chi connectivity index (χ0n) is 17.7. The first-order valence-corrected chi connectivity index (χ1v) is 10.4. The highest BCUT2D eigenvalue weighted by atomic mass is 16.5. The predicted molar refractivity (Wildman–Crippen MR) is 122 cm³/mol. The van der Waals surface area contributed by atoms with Crippen molar-refractivity contribution >= 4 is 12.2 Å². The summed E-state index contributed by atoms with van der Waals surface area (Å²) in [5.74, 6) is 1.49. The molecule has 1 heterocycles. The third-order valence-electron chi connectivity index (χ3n) is 5.25. The first-order valence-electron chi connectivity index (χ1n) is 10.4. The molecular weight excluding hydrogens is 406 g/mol. The molecule has 8 nitrogen and oxygen atoms in total. The Labute approximate surface area is 185 Å². The van der Waals surface area contributed by atoms with Crippen LogP contribution in [0.15, 0.2) is 58.4 Å². The van der Waals surface area contributed by atoms with Gasteiger partial charge in [-0.3, -0.25) is 9.78 Å². The Kier molecular flexibility index (Phi) is 6.46. The van der Waals surface area contributed by atoms with Gasteiger partial charge in [0.2, 0.25) is 5.95 Å². The van der Waals surface area contributed by atoms with Gasteiger partial charge in [-0.25, -0.2) is 10.4 Å². The average molecular weight is 429 g/mol. The van der Waals surface area contributed by atoms with Crippen molar-refractivity contribution in [3.8, 4) is 28.8 Å². The molecule has 4 rings (SSSR count). The Bertz CT molecular complexity index is 1210. The summed E-state index contributed by atoms with van der Waals surface area (Å²) in [7, 11) is 1.61. The lowest BCUT2D eigenvalue weighted by molar-refractivity contribution is 0.201. The van der Waals surface area contributed by atoms with Gasteiger partial charge in [0.25, 0.3) is 5.56 Å². The molecule has 1 aromatic heterocycles. The van der Waals surface area contributed by atoms with Gasteiger partial charge in [-0.05, 0) is 49.4 Å². The van der Waals surface area contributed by atoms with Crippen LogP contribution in [0.3, 0.4) is 0 Å². The maximum absolute atomic E-state index is 12.3. The molecule has 1 aliphatic carbocycles. The summed E-state index contributed by atoms with van der Waals surface area (Å²) in [6.07, 6.45) is 6.26. The van der Waals surface area contributed by atoms with Gasteiger partial charge in [-0.2, -0.15) is 10.4 Å². The highest BCUT2D eigenvalue weighted by Crippen LogP contribution is 2.32. The van der Waals surface area contributed by atoms with Crippen molar-refractivity contribution < 1.29 is 9.47 Å². The van der Waals surface area contributed by atoms with Crippen molar-refractivity contribution in [1.29, 1.82) is 5.26 Å². The molecule has 0 amide bonds. The molecule has 0 saturated heterocycles. The summed E-state index contributed by atoms with van der Waals surface area (Å²) in [5.41, 5.74) is 3.93. The fourth-order valence-electron chi connectivity index (χ4n) is 3.65. The van der Waals surface area contributed by atoms with Gasteiger partial charge >= 0.3 is 0 Å². The number of ether oxygens (including phenoxy) is 2. The third-order valence-corrected chi connectivity index (χ3v) is 5.25. The van der Waals surface area contributed by atoms with Crippen LogP contribution in [0.5, 0.6) is 11.5 Å². The Hall–Kier alpha value is -4.12. The van der Waals surface area contributed by atoms with Crippen LogP contribution in [0.4, 0.5) is 5.95 Å². The number of nitrogens with zero attached hydrogens (tertiary/aromatic N) is 3. The number of aromatic nitrogens is 2. The van der Waals surface area contributed by atoms with Gasteiger partial charge in [-0.1, -0.05) is 30.3 Å². The number of anilines is 1. The third kappa shape index (κ3) is 4.78. The maximum Gasteiger partial charge on any atom is 0.270 e. The fraction of sp³-hybridized carbons (Fsp3) is 0.250. The van der Waals surface area contributed by atoms with Crippen LogP contribution in [0.2, 0.25) is 0 Å². The van der Waals surface area contributed by atoms with Crippen LogP contribution < -0.4 is 20.5 Å². The zero-order valence-corrected chi connectivity index (χ0v) is 17.7. The molecule has 3 aromatic rings. The smallest absolute Gasteiger partial charge is 0.270 e. The van der Waals surface area contributed by atoms with Crippen molar-refractivity contribution in [2.75, 3.05) is 12.5 Å². The number of hydrazone groups is 1. The number of benzene rings is 2. The minimum absolute atomic E-state index is 0.0467. The second kappa shape index (κ2) is 9.79. The molecule has 162 valence electrons. The summed E-state index contributed by atoms with van der Waals surface area (Å²) in [6, 6.07) is 16.6. The normalized spacial score (nSPS) is 13.8. The molecule has 1 fully saturated rings. The summed E-state index contributed by atoms with van der Waals surface area (Å²) in [6.45, 7) is 0. The number of rotatable bonds is 7. The lowest BCUT2D eigenvalue weighted by Gasteiger charge is -2.16. The fourth-order valence-corrected chi connectivity index (χ4v) is 3.65. The molecular formula is C24H23N5O3. The molecule has 0 spiro atoms. The molecule has 0 bridgehead atoms. The zero-order chi connectivity index (χ0) is 22.3. The average Bonchev–Trinajstić information content (AvgIpc) is 3.33. The monoisotopic (exact) mass is 429 g/mol. The van der Waals surface area contributed by atoms with E-state index in [1.54, 1.807) is 25.5 Å². The number of methoxy groups -OCH3 is 1. The van der Waals surface area contributed by atoms with Crippen LogP contribution in [0, 0.1) is 11.3 Å². The van der Waals surface area contributed by atoms with Crippen LogP contribution >= 0.6 is 0 Å². The molecule has 0 aliphatic heterocycles. The molecule has 0 atom stereocenters. The quantitative estimate of drug-likeness (QED) is 0.432. The number of hydrogen-bond donors (Lipinski definition) is 2. The van der Waals surface area contributed by atoms with E-state index in [1.807, 2.05) is 42.5 Å². The minimum atomic E-state index is -0.532. The second-order valence-corrected chi connectivity index (χ2v) is 7.42. The summed E-state index contributed by atoms with van der Waals surface area (Å²) >= 11 is 0. The first kappa shape index (κ1) is 21.1. The van der Waals surface area contributed by atoms with E-state index in [4.69, 9.17) is 9.47 Å². The summed E-state index contributed by atoms with van der Waals surface area (Å²) < 4.78 is 11.5. The molecule has 0 unspecified atom stereocenters. The van der Waals surface area contributed by atoms with E-state index in [-0.39, 0.29) is 17.6 Å². The molecule has 2 N–H and O–H groups in total. The van der Waals surface area contributed by atoms with Crippen LogP contribution in [-0.4, -0.2) is 29.4 Å². The highest BCUT2D eigenvalue weighted by Gasteiger charge is 2.18. The van der Waals surface area contributed by atoms with Crippen LogP contribution in [-0.2, 0) is 0 Å². The number of H-pyrrole nitrogens is 1. The maximum atomic E-state index is 12.3. The van der Waals surface area contributed by atoms with Crippen molar-refractivity contribution in [3.05, 3.63) is 70.0 Å². The van der Waals surface area contributed by atoms with E-state index in [1.165, 1.54) is 12.8 Å². The van der Waals surface area contributed by atoms with E-state index in [9.17, 15) is 10.1 Å². The van der Waals surface area contributed by atoms with Gasteiger partial charge in [0, 0.05) is 5.56 Å². The SMILES string of the molecule is COc1ccc(C=NNc2nc(-c3ccccc3)c(C#N)c(=O)[nH]2)cc1OC1CCCC1. The topological polar surface area (TPSA) is 112 Å². The van der Waals surface area contributed by atoms with E-state index in [0.29, 0.717) is 22.8 Å². The van der Waals surface area contributed by atoms with E-state index in [0.717, 1.165) is 18.4 Å². The Morgan fingerprint density at radius 3 is 2.69 bits per heavy atom. The number of nitrogens with one attached hydrogen (secondary N) is 2. The second-order valence-electron chi connectivity index (χ2n) is 7.42. The largest absolute Gasteiger partial charge is 0.493 e. The lowest BCUT2D eigenvalue weighted by atomic mass is 10.1. The molecule has 0 radical (unpaired) electrons. The predicted octanol–water partition coefficient (Wildman–Crippen LogP) is 4.08. The number of aromatic amines is 1. The Morgan fingerprint density at radius 2 is 1.97 bits per heavy atom. The van der Waals surface area contributed by atoms with Gasteiger partial charge < -0.3 is 9.47 Å². The van der Waals surface area contributed by atoms with E-state index in [2.05, 4.69) is 20.5 Å². The Balaban J connectivity index is 1.54. The van der Waals surface area contributed by atoms with Gasteiger partial charge in [0.1, 0.15) is 11.6 Å². The number of nitriles is 1. The van der Waals surface area contributed by atoms with Crippen molar-refractivity contribution in [3.63, 3.8) is 0 Å². The molecule has 32 heavy (non-hydrogen) atoms. The van der Waals surface area contributed by atoms with Crippen LogP contribution in [0.25, 0.3) is 11.3 Å². The van der Waals surface area contributed by atoms with Crippen molar-refractivity contribution in [2.45, 2.75) is 31.8 Å². The Morgan fingerprint density at radius 1 is 1.19 bits per heavy atom. The van der Waals surface area contributed by atoms with Crippen molar-refractivity contribution in [1.82, 2.24) is 9.97 Å². The highest BCUT2D eigenvalue weighted by molar-refractivity contribution is 5.81. The molecule has 2 aromatic carbocycles. The summed E-state index contributed by atoms with van der Waals surface area (Å²) in [4.78, 5) is 19.3. The van der Waals surface area contributed by atoms with Crippen molar-refractivity contribution in [2.24, 2.45) is 5.10 Å². The van der Waals surface area contributed by atoms with E-state index >= 15 is 0 Å². The minimum Gasteiger partial charge on any atom is -0.493 e. The molecule has 1 saturated carbocycles.